The highest BCUT2D eigenvalue weighted by Crippen LogP contribution is 2.24. The SMILES string of the molecule is CCN(c1ccccc1)[C@@H]1CC/C=C/CC[C@H]1O. The summed E-state index contributed by atoms with van der Waals surface area (Å²) in [5.74, 6) is 0. The van der Waals surface area contributed by atoms with Crippen LogP contribution in [0.15, 0.2) is 42.5 Å². The molecule has 0 spiro atoms. The van der Waals surface area contributed by atoms with E-state index in [0.29, 0.717) is 0 Å². The van der Waals surface area contributed by atoms with Gasteiger partial charge in [0.05, 0.1) is 12.1 Å². The molecule has 0 unspecified atom stereocenters. The number of aliphatic hydroxyl groups is 1. The third-order valence-corrected chi connectivity index (χ3v) is 3.70. The van der Waals surface area contributed by atoms with Gasteiger partial charge in [-0.1, -0.05) is 30.4 Å². The quantitative estimate of drug-likeness (QED) is 0.825. The second kappa shape index (κ2) is 6.60. The monoisotopic (exact) mass is 245 g/mol. The zero-order chi connectivity index (χ0) is 12.8. The molecule has 0 saturated heterocycles. The first-order valence-electron chi connectivity index (χ1n) is 6.97. The molecule has 1 aliphatic rings. The van der Waals surface area contributed by atoms with Crippen LogP contribution in [0.2, 0.25) is 0 Å². The standard InChI is InChI=1S/C16H23NO/c1-2-17(14-10-6-5-7-11-14)15-12-8-3-4-9-13-16(15)18/h3-7,10-11,15-16,18H,2,8-9,12-13H2,1H3/b4-3+/t15-,16-/m1/s1. The average Bonchev–Trinajstić information content (AvgIpc) is 2.39. The first-order chi connectivity index (χ1) is 8.83. The maximum Gasteiger partial charge on any atom is 0.0746 e. The first-order valence-corrected chi connectivity index (χ1v) is 6.97. The summed E-state index contributed by atoms with van der Waals surface area (Å²) in [5, 5.41) is 10.4. The van der Waals surface area contributed by atoms with Crippen LogP contribution in [-0.2, 0) is 0 Å². The molecule has 0 aromatic heterocycles. The van der Waals surface area contributed by atoms with Gasteiger partial charge >= 0.3 is 0 Å². The van der Waals surface area contributed by atoms with Crippen LogP contribution >= 0.6 is 0 Å². The lowest BCUT2D eigenvalue weighted by Gasteiger charge is -2.36. The summed E-state index contributed by atoms with van der Waals surface area (Å²) in [6.07, 6.45) is 8.16. The lowest BCUT2D eigenvalue weighted by molar-refractivity contribution is 0.127. The number of allylic oxidation sites excluding steroid dienone is 2. The molecule has 1 aromatic rings. The Hall–Kier alpha value is -1.28. The molecule has 0 radical (unpaired) electrons. The Kier molecular flexibility index (Phi) is 4.82. The molecule has 1 aromatic carbocycles. The van der Waals surface area contributed by atoms with Gasteiger partial charge in [-0.3, -0.25) is 0 Å². The Bertz CT molecular complexity index is 374. The van der Waals surface area contributed by atoms with Crippen LogP contribution in [0.5, 0.6) is 0 Å². The van der Waals surface area contributed by atoms with Gasteiger partial charge in [0.2, 0.25) is 0 Å². The van der Waals surface area contributed by atoms with Crippen molar-refractivity contribution in [2.24, 2.45) is 0 Å². The molecule has 18 heavy (non-hydrogen) atoms. The van der Waals surface area contributed by atoms with Gasteiger partial charge in [-0.2, -0.15) is 0 Å². The largest absolute Gasteiger partial charge is 0.391 e. The summed E-state index contributed by atoms with van der Waals surface area (Å²) in [7, 11) is 0. The van der Waals surface area contributed by atoms with Gasteiger partial charge in [0.15, 0.2) is 0 Å². The summed E-state index contributed by atoms with van der Waals surface area (Å²) in [5.41, 5.74) is 1.22. The summed E-state index contributed by atoms with van der Waals surface area (Å²) < 4.78 is 0. The summed E-state index contributed by atoms with van der Waals surface area (Å²) in [6.45, 7) is 3.10. The van der Waals surface area contributed by atoms with Crippen LogP contribution in [0, 0.1) is 0 Å². The minimum atomic E-state index is -0.227. The number of hydrogen-bond acceptors (Lipinski definition) is 2. The first kappa shape index (κ1) is 13.2. The van der Waals surface area contributed by atoms with Crippen LogP contribution < -0.4 is 4.90 Å². The van der Waals surface area contributed by atoms with Crippen molar-refractivity contribution in [3.8, 4) is 0 Å². The second-order valence-electron chi connectivity index (χ2n) is 4.88. The fourth-order valence-electron chi connectivity index (χ4n) is 2.75. The van der Waals surface area contributed by atoms with E-state index in [1.165, 1.54) is 5.69 Å². The number of likely N-dealkylation sites (N-methyl/N-ethyl adjacent to an activating group) is 1. The Labute approximate surface area is 110 Å². The Balaban J connectivity index is 2.17. The van der Waals surface area contributed by atoms with Crippen molar-refractivity contribution < 1.29 is 5.11 Å². The highest BCUT2D eigenvalue weighted by molar-refractivity contribution is 5.47. The summed E-state index contributed by atoms with van der Waals surface area (Å²) in [4.78, 5) is 2.34. The lowest BCUT2D eigenvalue weighted by Crippen LogP contribution is -2.44. The number of para-hydroxylation sites is 1. The maximum atomic E-state index is 10.4. The van der Waals surface area contributed by atoms with Crippen LogP contribution in [0.25, 0.3) is 0 Å². The third-order valence-electron chi connectivity index (χ3n) is 3.70. The predicted octanol–water partition coefficient (Wildman–Crippen LogP) is 3.37. The minimum absolute atomic E-state index is 0.227. The van der Waals surface area contributed by atoms with Crippen LogP contribution in [0.4, 0.5) is 5.69 Å². The fourth-order valence-corrected chi connectivity index (χ4v) is 2.75. The smallest absolute Gasteiger partial charge is 0.0746 e. The number of rotatable bonds is 3. The molecular weight excluding hydrogens is 222 g/mol. The highest BCUT2D eigenvalue weighted by atomic mass is 16.3. The molecule has 0 heterocycles. The second-order valence-corrected chi connectivity index (χ2v) is 4.88. The summed E-state index contributed by atoms with van der Waals surface area (Å²) >= 11 is 0. The molecule has 2 rings (SSSR count). The van der Waals surface area contributed by atoms with Gasteiger partial charge in [0, 0.05) is 12.2 Å². The van der Waals surface area contributed by atoms with Crippen molar-refractivity contribution in [2.45, 2.75) is 44.8 Å². The average molecular weight is 245 g/mol. The van der Waals surface area contributed by atoms with Crippen LogP contribution in [-0.4, -0.2) is 23.8 Å². The van der Waals surface area contributed by atoms with Crippen molar-refractivity contribution in [3.63, 3.8) is 0 Å². The Morgan fingerprint density at radius 2 is 1.78 bits per heavy atom. The minimum Gasteiger partial charge on any atom is -0.391 e. The molecular formula is C16H23NO. The predicted molar refractivity (Wildman–Crippen MR) is 76.9 cm³/mol. The zero-order valence-electron chi connectivity index (χ0n) is 11.1. The Morgan fingerprint density at radius 1 is 1.11 bits per heavy atom. The van der Waals surface area contributed by atoms with Gasteiger partial charge in [0.25, 0.3) is 0 Å². The van der Waals surface area contributed by atoms with Gasteiger partial charge in [-0.05, 0) is 44.7 Å². The molecule has 0 fully saturated rings. The van der Waals surface area contributed by atoms with Gasteiger partial charge in [0.1, 0.15) is 0 Å². The van der Waals surface area contributed by atoms with E-state index in [1.54, 1.807) is 0 Å². The molecule has 2 nitrogen and oxygen atoms in total. The molecule has 0 saturated carbocycles. The van der Waals surface area contributed by atoms with E-state index in [9.17, 15) is 5.11 Å². The van der Waals surface area contributed by atoms with E-state index in [4.69, 9.17) is 0 Å². The molecule has 98 valence electrons. The van der Waals surface area contributed by atoms with Crippen molar-refractivity contribution >= 4 is 5.69 Å². The van der Waals surface area contributed by atoms with Crippen LogP contribution in [0.1, 0.15) is 32.6 Å². The van der Waals surface area contributed by atoms with Crippen molar-refractivity contribution in [2.75, 3.05) is 11.4 Å². The van der Waals surface area contributed by atoms with E-state index in [1.807, 2.05) is 6.07 Å². The number of nitrogens with zero attached hydrogens (tertiary/aromatic N) is 1. The van der Waals surface area contributed by atoms with E-state index in [2.05, 4.69) is 48.2 Å². The normalized spacial score (nSPS) is 26.1. The number of benzene rings is 1. The molecule has 1 N–H and O–H groups in total. The van der Waals surface area contributed by atoms with Gasteiger partial charge < -0.3 is 10.0 Å². The Morgan fingerprint density at radius 3 is 2.44 bits per heavy atom. The molecule has 2 atom stereocenters. The molecule has 0 amide bonds. The third kappa shape index (κ3) is 3.14. The zero-order valence-corrected chi connectivity index (χ0v) is 11.1. The van der Waals surface area contributed by atoms with Crippen LogP contribution in [0.3, 0.4) is 0 Å². The highest BCUT2D eigenvalue weighted by Gasteiger charge is 2.25. The summed E-state index contributed by atoms with van der Waals surface area (Å²) in [6, 6.07) is 10.7. The fraction of sp³-hybridized carbons (Fsp3) is 0.500. The van der Waals surface area contributed by atoms with Crippen molar-refractivity contribution in [3.05, 3.63) is 42.5 Å². The van der Waals surface area contributed by atoms with Gasteiger partial charge in [-0.25, -0.2) is 0 Å². The number of aliphatic hydroxyl groups excluding tert-OH is 1. The number of anilines is 1. The van der Waals surface area contributed by atoms with E-state index >= 15 is 0 Å². The lowest BCUT2D eigenvalue weighted by atomic mass is 9.96. The van der Waals surface area contributed by atoms with E-state index < -0.39 is 0 Å². The molecule has 0 aliphatic heterocycles. The van der Waals surface area contributed by atoms with Crippen molar-refractivity contribution in [1.29, 1.82) is 0 Å². The van der Waals surface area contributed by atoms with Gasteiger partial charge in [-0.15, -0.1) is 0 Å². The topological polar surface area (TPSA) is 23.5 Å². The molecule has 0 bridgehead atoms. The molecule has 1 aliphatic carbocycles. The van der Waals surface area contributed by atoms with E-state index in [0.717, 1.165) is 32.2 Å². The maximum absolute atomic E-state index is 10.4. The van der Waals surface area contributed by atoms with Crippen molar-refractivity contribution in [1.82, 2.24) is 0 Å². The molecule has 2 heteroatoms. The number of hydrogen-bond donors (Lipinski definition) is 1. The van der Waals surface area contributed by atoms with E-state index in [-0.39, 0.29) is 12.1 Å².